The molecule has 3 aromatic rings. The highest BCUT2D eigenvalue weighted by Gasteiger charge is 2.49. The van der Waals surface area contributed by atoms with E-state index in [-0.39, 0.29) is 11.2 Å². The summed E-state index contributed by atoms with van der Waals surface area (Å²) < 4.78 is 19.6. The first kappa shape index (κ1) is 17.6. The molecular formula is C22H20FN3OS. The molecule has 142 valence electrons. The molecule has 2 aliphatic heterocycles. The van der Waals surface area contributed by atoms with Crippen molar-refractivity contribution in [3.8, 4) is 11.1 Å². The van der Waals surface area contributed by atoms with E-state index in [0.29, 0.717) is 17.1 Å². The third-order valence-corrected chi connectivity index (χ3v) is 6.30. The molecule has 0 amide bonds. The number of halogens is 1. The van der Waals surface area contributed by atoms with Crippen LogP contribution in [0.1, 0.15) is 12.5 Å². The lowest BCUT2D eigenvalue weighted by Gasteiger charge is -2.38. The highest BCUT2D eigenvalue weighted by molar-refractivity contribution is 7.99. The zero-order chi connectivity index (χ0) is 19.1. The molecule has 28 heavy (non-hydrogen) atoms. The number of hydrogen-bond acceptors (Lipinski definition) is 5. The summed E-state index contributed by atoms with van der Waals surface area (Å²) in [6.07, 6.45) is 3.40. The van der Waals surface area contributed by atoms with E-state index >= 15 is 0 Å². The minimum absolute atomic E-state index is 0.0261. The van der Waals surface area contributed by atoms with E-state index in [9.17, 15) is 4.39 Å². The molecule has 2 aromatic carbocycles. The Morgan fingerprint density at radius 1 is 1.14 bits per heavy atom. The van der Waals surface area contributed by atoms with Crippen LogP contribution in [-0.2, 0) is 10.2 Å². The lowest BCUT2D eigenvalue weighted by molar-refractivity contribution is -0.0507. The van der Waals surface area contributed by atoms with Crippen LogP contribution < -0.4 is 4.90 Å². The molecule has 0 radical (unpaired) electrons. The van der Waals surface area contributed by atoms with Gasteiger partial charge in [0.25, 0.3) is 0 Å². The van der Waals surface area contributed by atoms with Gasteiger partial charge in [0.15, 0.2) is 0 Å². The summed E-state index contributed by atoms with van der Waals surface area (Å²) in [5.41, 5.74) is 3.68. The van der Waals surface area contributed by atoms with Crippen molar-refractivity contribution in [3.05, 3.63) is 66.2 Å². The van der Waals surface area contributed by atoms with Gasteiger partial charge in [0.1, 0.15) is 5.82 Å². The first-order valence-corrected chi connectivity index (χ1v) is 10.4. The van der Waals surface area contributed by atoms with Crippen LogP contribution in [-0.4, -0.2) is 35.5 Å². The van der Waals surface area contributed by atoms with Crippen LogP contribution in [0.25, 0.3) is 11.1 Å². The topological polar surface area (TPSA) is 38.2 Å². The largest absolute Gasteiger partial charge is 0.379 e. The van der Waals surface area contributed by atoms with Gasteiger partial charge in [0.05, 0.1) is 18.6 Å². The lowest BCUT2D eigenvalue weighted by Crippen LogP contribution is -2.49. The molecule has 1 spiro atoms. The summed E-state index contributed by atoms with van der Waals surface area (Å²) in [4.78, 5) is 12.6. The average molecular weight is 393 g/mol. The monoisotopic (exact) mass is 393 g/mol. The van der Waals surface area contributed by atoms with Crippen molar-refractivity contribution in [2.75, 3.05) is 30.4 Å². The summed E-state index contributed by atoms with van der Waals surface area (Å²) in [5, 5.41) is 0. The van der Waals surface area contributed by atoms with Crippen LogP contribution in [0.5, 0.6) is 0 Å². The van der Waals surface area contributed by atoms with E-state index in [0.717, 1.165) is 31.2 Å². The van der Waals surface area contributed by atoms with Crippen molar-refractivity contribution in [3.63, 3.8) is 0 Å². The second-order valence-corrected chi connectivity index (χ2v) is 8.56. The summed E-state index contributed by atoms with van der Waals surface area (Å²) in [5.74, 6) is 1.40. The van der Waals surface area contributed by atoms with Crippen LogP contribution in [0.4, 0.5) is 16.0 Å². The number of benzene rings is 2. The first-order chi connectivity index (χ1) is 13.7. The quantitative estimate of drug-likeness (QED) is 0.595. The first-order valence-electron chi connectivity index (χ1n) is 9.40. The van der Waals surface area contributed by atoms with Crippen molar-refractivity contribution in [2.45, 2.75) is 17.2 Å². The minimum Gasteiger partial charge on any atom is -0.379 e. The molecule has 0 atom stereocenters. The fourth-order valence-electron chi connectivity index (χ4n) is 3.98. The Morgan fingerprint density at radius 3 is 2.61 bits per heavy atom. The van der Waals surface area contributed by atoms with Crippen LogP contribution in [0.15, 0.2) is 59.8 Å². The van der Waals surface area contributed by atoms with Crippen LogP contribution in [0.2, 0.25) is 0 Å². The Bertz CT molecular complexity index is 1020. The summed E-state index contributed by atoms with van der Waals surface area (Å²) in [6.45, 7) is 4.41. The third kappa shape index (κ3) is 2.79. The van der Waals surface area contributed by atoms with E-state index in [4.69, 9.17) is 4.74 Å². The Labute approximate surface area is 167 Å². The number of hydrogen-bond donors (Lipinski definition) is 0. The molecule has 2 aliphatic rings. The molecule has 3 heterocycles. The second kappa shape index (κ2) is 6.87. The van der Waals surface area contributed by atoms with Gasteiger partial charge in [0.2, 0.25) is 5.95 Å². The zero-order valence-corrected chi connectivity index (χ0v) is 16.4. The van der Waals surface area contributed by atoms with Gasteiger partial charge in [-0.3, -0.25) is 0 Å². The Kier molecular flexibility index (Phi) is 4.33. The minimum atomic E-state index is -0.267. The van der Waals surface area contributed by atoms with Crippen LogP contribution >= 0.6 is 11.8 Å². The van der Waals surface area contributed by atoms with Crippen molar-refractivity contribution >= 4 is 23.4 Å². The number of fused-ring (bicyclic) bond motifs is 2. The van der Waals surface area contributed by atoms with E-state index in [1.807, 2.05) is 17.8 Å². The molecule has 5 rings (SSSR count). The van der Waals surface area contributed by atoms with Crippen molar-refractivity contribution in [2.24, 2.45) is 0 Å². The molecule has 0 bridgehead atoms. The highest BCUT2D eigenvalue weighted by Crippen LogP contribution is 2.48. The molecule has 0 saturated carbocycles. The standard InChI is InChI=1S/C22H20FN3OS/c1-2-28-16-7-8-18-20(9-16)26(12-22(18)13-27-14-22)21-24-10-15(11-25-21)17-5-3-4-6-19(17)23/h3-11H,2,12-14H2,1H3. The molecule has 0 aliphatic carbocycles. The molecule has 6 heteroatoms. The number of ether oxygens (including phenoxy) is 1. The van der Waals surface area contributed by atoms with Gasteiger partial charge in [-0.15, -0.1) is 11.8 Å². The van der Waals surface area contributed by atoms with E-state index in [1.165, 1.54) is 16.5 Å². The van der Waals surface area contributed by atoms with Gasteiger partial charge in [-0.25, -0.2) is 14.4 Å². The third-order valence-electron chi connectivity index (χ3n) is 5.42. The summed E-state index contributed by atoms with van der Waals surface area (Å²) in [6, 6.07) is 13.3. The number of anilines is 2. The predicted octanol–water partition coefficient (Wildman–Crippen LogP) is 4.81. The van der Waals surface area contributed by atoms with E-state index < -0.39 is 0 Å². The number of nitrogens with zero attached hydrogens (tertiary/aromatic N) is 3. The van der Waals surface area contributed by atoms with Crippen molar-refractivity contribution in [1.82, 2.24) is 9.97 Å². The van der Waals surface area contributed by atoms with Crippen molar-refractivity contribution < 1.29 is 9.13 Å². The predicted molar refractivity (Wildman–Crippen MR) is 110 cm³/mol. The van der Waals surface area contributed by atoms with Crippen molar-refractivity contribution in [1.29, 1.82) is 0 Å². The second-order valence-electron chi connectivity index (χ2n) is 7.22. The fourth-order valence-corrected chi connectivity index (χ4v) is 4.67. The van der Waals surface area contributed by atoms with Gasteiger partial charge in [-0.2, -0.15) is 0 Å². The number of aromatic nitrogens is 2. The highest BCUT2D eigenvalue weighted by atomic mass is 32.2. The number of thioether (sulfide) groups is 1. The zero-order valence-electron chi connectivity index (χ0n) is 15.6. The maximum atomic E-state index is 14.1. The Morgan fingerprint density at radius 2 is 1.93 bits per heavy atom. The normalized spacial score (nSPS) is 16.9. The fraction of sp³-hybridized carbons (Fsp3) is 0.273. The average Bonchev–Trinajstić information content (AvgIpc) is 3.04. The van der Waals surface area contributed by atoms with E-state index in [1.54, 1.807) is 24.5 Å². The van der Waals surface area contributed by atoms with Gasteiger partial charge >= 0.3 is 0 Å². The molecule has 0 N–H and O–H groups in total. The molecule has 4 nitrogen and oxygen atoms in total. The lowest BCUT2D eigenvalue weighted by atomic mass is 9.81. The molecule has 0 unspecified atom stereocenters. The maximum Gasteiger partial charge on any atom is 0.229 e. The van der Waals surface area contributed by atoms with Gasteiger partial charge in [0, 0.05) is 40.6 Å². The van der Waals surface area contributed by atoms with Crippen LogP contribution in [0, 0.1) is 5.82 Å². The number of rotatable bonds is 4. The van der Waals surface area contributed by atoms with Crippen LogP contribution in [0.3, 0.4) is 0 Å². The molecule has 1 aromatic heterocycles. The molecular weight excluding hydrogens is 373 g/mol. The van der Waals surface area contributed by atoms with Gasteiger partial charge in [-0.05, 0) is 29.5 Å². The Hall–Kier alpha value is -2.44. The molecule has 1 fully saturated rings. The SMILES string of the molecule is CCSc1ccc2c(c1)N(c1ncc(-c3ccccc3F)cn1)CC21COC1. The maximum absolute atomic E-state index is 14.1. The van der Waals surface area contributed by atoms with E-state index in [2.05, 4.69) is 40.0 Å². The summed E-state index contributed by atoms with van der Waals surface area (Å²) in [7, 11) is 0. The summed E-state index contributed by atoms with van der Waals surface area (Å²) >= 11 is 1.83. The smallest absolute Gasteiger partial charge is 0.229 e. The van der Waals surface area contributed by atoms with Gasteiger partial charge < -0.3 is 9.64 Å². The Balaban J connectivity index is 1.52. The van der Waals surface area contributed by atoms with Gasteiger partial charge in [-0.1, -0.05) is 31.2 Å². The molecule has 1 saturated heterocycles.